The highest BCUT2D eigenvalue weighted by Crippen LogP contribution is 2.40. The van der Waals surface area contributed by atoms with E-state index >= 15 is 0 Å². The molecule has 3 aromatic rings. The molecule has 1 aliphatic rings. The largest absolute Gasteiger partial charge is 0.360 e. The van der Waals surface area contributed by atoms with Gasteiger partial charge < -0.3 is 10.6 Å². The van der Waals surface area contributed by atoms with Crippen molar-refractivity contribution >= 4 is 28.7 Å². The Balaban J connectivity index is 1.66. The number of para-hydroxylation sites is 1. The number of thiazole rings is 1. The topological polar surface area (TPSA) is 71.8 Å². The van der Waals surface area contributed by atoms with Crippen LogP contribution in [0, 0.1) is 6.92 Å². The number of nitrogens with zero attached hydrogens (tertiary/aromatic N) is 3. The Morgan fingerprint density at radius 3 is 2.77 bits per heavy atom. The van der Waals surface area contributed by atoms with Crippen LogP contribution in [0.4, 0.5) is 11.5 Å². The van der Waals surface area contributed by atoms with Gasteiger partial charge in [-0.05, 0) is 39.3 Å². The summed E-state index contributed by atoms with van der Waals surface area (Å²) >= 11 is 1.69. The molecule has 2 aromatic heterocycles. The van der Waals surface area contributed by atoms with Gasteiger partial charge >= 0.3 is 0 Å². The molecule has 2 N–H and O–H groups in total. The minimum Gasteiger partial charge on any atom is -0.360 e. The Morgan fingerprint density at radius 1 is 1.31 bits per heavy atom. The maximum atomic E-state index is 12.8. The zero-order valence-corrected chi connectivity index (χ0v) is 15.8. The second-order valence-electron chi connectivity index (χ2n) is 7.16. The molecule has 0 saturated heterocycles. The van der Waals surface area contributed by atoms with Crippen LogP contribution in [-0.4, -0.2) is 20.7 Å². The summed E-state index contributed by atoms with van der Waals surface area (Å²) in [4.78, 5) is 18.5. The number of aromatic nitrogens is 3. The maximum Gasteiger partial charge on any atom is 0.261 e. The number of rotatable bonds is 3. The fraction of sp³-hybridized carbons (Fsp3) is 0.316. The Bertz CT molecular complexity index is 944. The molecule has 0 spiro atoms. The van der Waals surface area contributed by atoms with Gasteiger partial charge in [-0.2, -0.15) is 5.10 Å². The van der Waals surface area contributed by atoms with Crippen molar-refractivity contribution in [2.45, 2.75) is 38.8 Å². The van der Waals surface area contributed by atoms with Gasteiger partial charge in [0.2, 0.25) is 0 Å². The van der Waals surface area contributed by atoms with Gasteiger partial charge in [-0.15, -0.1) is 11.3 Å². The number of amides is 1. The lowest BCUT2D eigenvalue weighted by Crippen LogP contribution is -2.38. The highest BCUT2D eigenvalue weighted by Gasteiger charge is 2.37. The van der Waals surface area contributed by atoms with Crippen LogP contribution >= 0.6 is 11.3 Å². The lowest BCUT2D eigenvalue weighted by Gasteiger charge is -2.37. The summed E-state index contributed by atoms with van der Waals surface area (Å²) in [5, 5.41) is 11.9. The molecule has 134 valence electrons. The van der Waals surface area contributed by atoms with Crippen molar-refractivity contribution in [2.24, 2.45) is 0 Å². The van der Waals surface area contributed by atoms with Gasteiger partial charge in [0, 0.05) is 16.8 Å². The Hall–Kier alpha value is -2.67. The molecule has 7 heteroatoms. The van der Waals surface area contributed by atoms with E-state index in [1.807, 2.05) is 41.2 Å². The van der Waals surface area contributed by atoms with Gasteiger partial charge in [0.15, 0.2) is 0 Å². The van der Waals surface area contributed by atoms with Crippen molar-refractivity contribution in [3.05, 3.63) is 58.2 Å². The number of aryl methyl sites for hydroxylation is 1. The standard InChI is InChI=1S/C19H21N5OS/c1-12-10-20-18(26-12)15-9-19(2,3)24-16(23-15)14(11-21-24)17(25)22-13-7-5-4-6-8-13/h4-8,10-11,15,23H,9H2,1-3H3,(H,22,25). The van der Waals surface area contributed by atoms with Gasteiger partial charge in [0.1, 0.15) is 16.4 Å². The number of carbonyl (C=O) groups excluding carboxylic acids is 1. The molecule has 0 saturated carbocycles. The third-order valence-electron chi connectivity index (χ3n) is 4.57. The van der Waals surface area contributed by atoms with Crippen LogP contribution in [0.3, 0.4) is 0 Å². The molecule has 1 unspecified atom stereocenters. The van der Waals surface area contributed by atoms with E-state index in [0.717, 1.165) is 22.9 Å². The van der Waals surface area contributed by atoms with E-state index in [0.29, 0.717) is 5.56 Å². The summed E-state index contributed by atoms with van der Waals surface area (Å²) < 4.78 is 1.91. The molecule has 26 heavy (non-hydrogen) atoms. The molecule has 0 bridgehead atoms. The first-order valence-electron chi connectivity index (χ1n) is 8.58. The lowest BCUT2D eigenvalue weighted by molar-refractivity contribution is 0.102. The molecule has 1 amide bonds. The van der Waals surface area contributed by atoms with Crippen molar-refractivity contribution in [3.8, 4) is 0 Å². The van der Waals surface area contributed by atoms with Gasteiger partial charge in [0.05, 0.1) is 17.8 Å². The molecular formula is C19H21N5OS. The summed E-state index contributed by atoms with van der Waals surface area (Å²) in [6, 6.07) is 9.51. The van der Waals surface area contributed by atoms with Crippen LogP contribution in [-0.2, 0) is 5.54 Å². The van der Waals surface area contributed by atoms with Crippen LogP contribution in [0.5, 0.6) is 0 Å². The molecule has 0 radical (unpaired) electrons. The van der Waals surface area contributed by atoms with Crippen molar-refractivity contribution in [2.75, 3.05) is 10.6 Å². The first-order chi connectivity index (χ1) is 12.4. The zero-order chi connectivity index (χ0) is 18.3. The second-order valence-corrected chi connectivity index (χ2v) is 8.43. The van der Waals surface area contributed by atoms with Gasteiger partial charge in [-0.25, -0.2) is 9.67 Å². The first kappa shape index (κ1) is 16.8. The summed E-state index contributed by atoms with van der Waals surface area (Å²) in [5.41, 5.74) is 1.09. The molecule has 3 heterocycles. The molecule has 1 atom stereocenters. The van der Waals surface area contributed by atoms with E-state index in [9.17, 15) is 4.79 Å². The normalized spacial score (nSPS) is 18.0. The summed E-state index contributed by atoms with van der Waals surface area (Å²) in [7, 11) is 0. The Labute approximate surface area is 156 Å². The van der Waals surface area contributed by atoms with Crippen LogP contribution in [0.25, 0.3) is 0 Å². The molecule has 0 fully saturated rings. The minimum absolute atomic E-state index is 0.0659. The number of nitrogens with one attached hydrogen (secondary N) is 2. The van der Waals surface area contributed by atoms with Crippen molar-refractivity contribution in [1.29, 1.82) is 0 Å². The maximum absolute atomic E-state index is 12.8. The van der Waals surface area contributed by atoms with E-state index in [1.165, 1.54) is 4.88 Å². The molecule has 0 aliphatic carbocycles. The predicted octanol–water partition coefficient (Wildman–Crippen LogP) is 4.19. The quantitative estimate of drug-likeness (QED) is 0.728. The average Bonchev–Trinajstić information content (AvgIpc) is 3.22. The highest BCUT2D eigenvalue weighted by atomic mass is 32.1. The first-order valence-corrected chi connectivity index (χ1v) is 9.39. The SMILES string of the molecule is Cc1cnc(C2CC(C)(C)n3ncc(C(=O)Nc4ccccc4)c3N2)s1. The van der Waals surface area contributed by atoms with Crippen molar-refractivity contribution in [1.82, 2.24) is 14.8 Å². The van der Waals surface area contributed by atoms with Crippen molar-refractivity contribution in [3.63, 3.8) is 0 Å². The predicted molar refractivity (Wildman–Crippen MR) is 104 cm³/mol. The van der Waals surface area contributed by atoms with Gasteiger partial charge in [-0.3, -0.25) is 4.79 Å². The van der Waals surface area contributed by atoms with E-state index in [-0.39, 0.29) is 17.5 Å². The Kier molecular flexibility index (Phi) is 4.03. The number of fused-ring (bicyclic) bond motifs is 1. The number of anilines is 2. The summed E-state index contributed by atoms with van der Waals surface area (Å²) in [6.45, 7) is 6.32. The smallest absolute Gasteiger partial charge is 0.261 e. The van der Waals surface area contributed by atoms with Crippen LogP contribution in [0.2, 0.25) is 0 Å². The molecule has 4 rings (SSSR count). The van der Waals surface area contributed by atoms with E-state index in [4.69, 9.17) is 0 Å². The third kappa shape index (κ3) is 2.99. The van der Waals surface area contributed by atoms with Gasteiger partial charge in [0.25, 0.3) is 5.91 Å². The number of benzene rings is 1. The minimum atomic E-state index is -0.212. The van der Waals surface area contributed by atoms with E-state index in [2.05, 4.69) is 41.5 Å². The van der Waals surface area contributed by atoms with E-state index in [1.54, 1.807) is 17.5 Å². The number of hydrogen-bond acceptors (Lipinski definition) is 5. The second kappa shape index (κ2) is 6.25. The fourth-order valence-corrected chi connectivity index (χ4v) is 4.14. The molecule has 1 aromatic carbocycles. The number of hydrogen-bond donors (Lipinski definition) is 2. The molecule has 1 aliphatic heterocycles. The van der Waals surface area contributed by atoms with E-state index < -0.39 is 0 Å². The van der Waals surface area contributed by atoms with Crippen LogP contribution in [0.15, 0.2) is 42.7 Å². The van der Waals surface area contributed by atoms with Crippen LogP contribution in [0.1, 0.15) is 46.6 Å². The third-order valence-corrected chi connectivity index (χ3v) is 5.60. The molecular weight excluding hydrogens is 346 g/mol. The molecule has 6 nitrogen and oxygen atoms in total. The van der Waals surface area contributed by atoms with Gasteiger partial charge in [-0.1, -0.05) is 18.2 Å². The zero-order valence-electron chi connectivity index (χ0n) is 15.0. The number of carbonyl (C=O) groups is 1. The average molecular weight is 367 g/mol. The fourth-order valence-electron chi connectivity index (χ4n) is 3.32. The Morgan fingerprint density at radius 2 is 2.08 bits per heavy atom. The van der Waals surface area contributed by atoms with Crippen LogP contribution < -0.4 is 10.6 Å². The van der Waals surface area contributed by atoms with Crippen molar-refractivity contribution < 1.29 is 4.79 Å². The summed E-state index contributed by atoms with van der Waals surface area (Å²) in [5.74, 6) is 0.573. The lowest BCUT2D eigenvalue weighted by atomic mass is 9.93. The highest BCUT2D eigenvalue weighted by molar-refractivity contribution is 7.11. The monoisotopic (exact) mass is 367 g/mol. The summed E-state index contributed by atoms with van der Waals surface area (Å²) in [6.07, 6.45) is 4.38.